The summed E-state index contributed by atoms with van der Waals surface area (Å²) in [5, 5.41) is 8.91. The number of nitrogens with zero attached hydrogens (tertiary/aromatic N) is 2. The molecule has 0 aromatic carbocycles. The standard InChI is InChI=1S/C8H13N3O2S/c9-8-11-10-7(14-8)5-13-6-2-1-3-12-4-6/h6H,1-5H2,(H2,9,11). The van der Waals surface area contributed by atoms with Crippen LogP contribution >= 0.6 is 11.3 Å². The Hall–Kier alpha value is -0.720. The molecule has 1 saturated heterocycles. The Kier molecular flexibility index (Phi) is 3.28. The maximum atomic E-state index is 5.61. The van der Waals surface area contributed by atoms with E-state index in [9.17, 15) is 0 Å². The first-order valence-electron chi connectivity index (χ1n) is 4.62. The lowest BCUT2D eigenvalue weighted by Gasteiger charge is -2.21. The molecule has 5 nitrogen and oxygen atoms in total. The van der Waals surface area contributed by atoms with Gasteiger partial charge >= 0.3 is 0 Å². The van der Waals surface area contributed by atoms with Crippen LogP contribution in [-0.4, -0.2) is 29.5 Å². The van der Waals surface area contributed by atoms with Crippen LogP contribution in [0.1, 0.15) is 17.8 Å². The first-order valence-corrected chi connectivity index (χ1v) is 5.43. The van der Waals surface area contributed by atoms with E-state index in [1.807, 2.05) is 0 Å². The predicted molar refractivity (Wildman–Crippen MR) is 53.0 cm³/mol. The fourth-order valence-electron chi connectivity index (χ4n) is 1.36. The largest absolute Gasteiger partial charge is 0.379 e. The maximum Gasteiger partial charge on any atom is 0.203 e. The van der Waals surface area contributed by atoms with E-state index < -0.39 is 0 Å². The van der Waals surface area contributed by atoms with Crippen molar-refractivity contribution in [2.45, 2.75) is 25.6 Å². The minimum atomic E-state index is 0.203. The lowest BCUT2D eigenvalue weighted by Crippen LogP contribution is -2.25. The molecular weight excluding hydrogens is 202 g/mol. The fourth-order valence-corrected chi connectivity index (χ4v) is 1.89. The van der Waals surface area contributed by atoms with Gasteiger partial charge in [0.1, 0.15) is 11.6 Å². The molecule has 1 aliphatic rings. The Morgan fingerprint density at radius 3 is 3.14 bits per heavy atom. The monoisotopic (exact) mass is 215 g/mol. The molecule has 0 bridgehead atoms. The van der Waals surface area contributed by atoms with Crippen LogP contribution in [0.15, 0.2) is 0 Å². The smallest absolute Gasteiger partial charge is 0.203 e. The maximum absolute atomic E-state index is 5.61. The average Bonchev–Trinajstić information content (AvgIpc) is 2.63. The van der Waals surface area contributed by atoms with Crippen LogP contribution in [0, 0.1) is 0 Å². The van der Waals surface area contributed by atoms with Gasteiger partial charge in [-0.25, -0.2) is 0 Å². The summed E-state index contributed by atoms with van der Waals surface area (Å²) >= 11 is 1.37. The molecule has 78 valence electrons. The van der Waals surface area contributed by atoms with E-state index in [0.29, 0.717) is 18.3 Å². The number of anilines is 1. The van der Waals surface area contributed by atoms with Crippen LogP contribution < -0.4 is 5.73 Å². The molecule has 0 spiro atoms. The van der Waals surface area contributed by atoms with Crippen LogP contribution in [0.3, 0.4) is 0 Å². The van der Waals surface area contributed by atoms with Crippen molar-refractivity contribution < 1.29 is 9.47 Å². The number of hydrogen-bond acceptors (Lipinski definition) is 6. The molecular formula is C8H13N3O2S. The Morgan fingerprint density at radius 1 is 1.57 bits per heavy atom. The van der Waals surface area contributed by atoms with Crippen molar-refractivity contribution >= 4 is 16.5 Å². The molecule has 1 aromatic rings. The van der Waals surface area contributed by atoms with Crippen LogP contribution in [0.2, 0.25) is 0 Å². The minimum absolute atomic E-state index is 0.203. The summed E-state index contributed by atoms with van der Waals surface area (Å²) in [6.45, 7) is 2.03. The molecule has 1 unspecified atom stereocenters. The first-order chi connectivity index (χ1) is 6.84. The van der Waals surface area contributed by atoms with Gasteiger partial charge in [-0.05, 0) is 12.8 Å². The van der Waals surface area contributed by atoms with Gasteiger partial charge in [0.2, 0.25) is 5.13 Å². The van der Waals surface area contributed by atoms with Gasteiger partial charge < -0.3 is 15.2 Å². The average molecular weight is 215 g/mol. The van der Waals surface area contributed by atoms with Crippen molar-refractivity contribution in [2.24, 2.45) is 0 Å². The molecule has 1 aromatic heterocycles. The quantitative estimate of drug-likeness (QED) is 0.808. The Labute approximate surface area is 86.2 Å². The van der Waals surface area contributed by atoms with Gasteiger partial charge in [-0.2, -0.15) is 0 Å². The molecule has 0 saturated carbocycles. The van der Waals surface area contributed by atoms with E-state index in [-0.39, 0.29) is 6.10 Å². The summed E-state index contributed by atoms with van der Waals surface area (Å²) in [6, 6.07) is 0. The summed E-state index contributed by atoms with van der Waals surface area (Å²) < 4.78 is 10.9. The second-order valence-electron chi connectivity index (χ2n) is 3.18. The van der Waals surface area contributed by atoms with E-state index in [1.165, 1.54) is 11.3 Å². The van der Waals surface area contributed by atoms with Crippen LogP contribution in [-0.2, 0) is 16.1 Å². The molecule has 6 heteroatoms. The second kappa shape index (κ2) is 4.68. The Morgan fingerprint density at radius 2 is 2.50 bits per heavy atom. The van der Waals surface area contributed by atoms with Gasteiger partial charge in [-0.3, -0.25) is 0 Å². The summed E-state index contributed by atoms with van der Waals surface area (Å²) in [5.74, 6) is 0. The fraction of sp³-hybridized carbons (Fsp3) is 0.750. The Bertz CT molecular complexity index is 286. The van der Waals surface area contributed by atoms with Crippen LogP contribution in [0.5, 0.6) is 0 Å². The molecule has 0 amide bonds. The second-order valence-corrected chi connectivity index (χ2v) is 4.28. The van der Waals surface area contributed by atoms with Gasteiger partial charge in [0.15, 0.2) is 0 Å². The molecule has 2 heterocycles. The van der Waals surface area contributed by atoms with Crippen molar-refractivity contribution in [3.05, 3.63) is 5.01 Å². The zero-order chi connectivity index (χ0) is 9.80. The SMILES string of the molecule is Nc1nnc(COC2CCCOC2)s1. The van der Waals surface area contributed by atoms with E-state index in [1.54, 1.807) is 0 Å². The van der Waals surface area contributed by atoms with Crippen LogP contribution in [0.25, 0.3) is 0 Å². The molecule has 14 heavy (non-hydrogen) atoms. The lowest BCUT2D eigenvalue weighted by atomic mass is 10.2. The molecule has 0 radical (unpaired) electrons. The van der Waals surface area contributed by atoms with Crippen molar-refractivity contribution in [3.8, 4) is 0 Å². The normalized spacial score (nSPS) is 22.4. The highest BCUT2D eigenvalue weighted by molar-refractivity contribution is 7.15. The van der Waals surface area contributed by atoms with Crippen molar-refractivity contribution in [1.82, 2.24) is 10.2 Å². The van der Waals surface area contributed by atoms with Gasteiger partial charge in [0, 0.05) is 6.61 Å². The summed E-state index contributed by atoms with van der Waals surface area (Å²) in [4.78, 5) is 0. The Balaban J connectivity index is 1.76. The number of ether oxygens (including phenoxy) is 2. The first kappa shape index (κ1) is 9.82. The van der Waals surface area contributed by atoms with Gasteiger partial charge in [-0.1, -0.05) is 11.3 Å². The highest BCUT2D eigenvalue weighted by Gasteiger charge is 2.14. The molecule has 2 rings (SSSR count). The molecule has 1 fully saturated rings. The van der Waals surface area contributed by atoms with E-state index in [2.05, 4.69) is 10.2 Å². The zero-order valence-corrected chi connectivity index (χ0v) is 8.63. The van der Waals surface area contributed by atoms with Crippen molar-refractivity contribution in [3.63, 3.8) is 0 Å². The number of aromatic nitrogens is 2. The van der Waals surface area contributed by atoms with Crippen LogP contribution in [0.4, 0.5) is 5.13 Å². The van der Waals surface area contributed by atoms with Gasteiger partial charge in [-0.15, -0.1) is 10.2 Å². The third kappa shape index (κ3) is 2.63. The van der Waals surface area contributed by atoms with Gasteiger partial charge in [0.25, 0.3) is 0 Å². The topological polar surface area (TPSA) is 70.3 Å². The summed E-state index contributed by atoms with van der Waals surface area (Å²) in [5.41, 5.74) is 5.45. The highest BCUT2D eigenvalue weighted by Crippen LogP contribution is 2.15. The lowest BCUT2D eigenvalue weighted by molar-refractivity contribution is -0.0570. The third-order valence-corrected chi connectivity index (χ3v) is 2.77. The molecule has 0 aliphatic carbocycles. The highest BCUT2D eigenvalue weighted by atomic mass is 32.1. The third-order valence-electron chi connectivity index (χ3n) is 2.04. The number of hydrogen-bond donors (Lipinski definition) is 1. The van der Waals surface area contributed by atoms with E-state index in [4.69, 9.17) is 15.2 Å². The van der Waals surface area contributed by atoms with E-state index >= 15 is 0 Å². The zero-order valence-electron chi connectivity index (χ0n) is 7.81. The summed E-state index contributed by atoms with van der Waals surface area (Å²) in [7, 11) is 0. The number of nitrogens with two attached hydrogens (primary N) is 1. The van der Waals surface area contributed by atoms with Crippen molar-refractivity contribution in [2.75, 3.05) is 18.9 Å². The van der Waals surface area contributed by atoms with E-state index in [0.717, 1.165) is 24.5 Å². The van der Waals surface area contributed by atoms with Crippen molar-refractivity contribution in [1.29, 1.82) is 0 Å². The molecule has 1 aliphatic heterocycles. The van der Waals surface area contributed by atoms with Gasteiger partial charge in [0.05, 0.1) is 12.7 Å². The number of rotatable bonds is 3. The molecule has 1 atom stereocenters. The number of nitrogen functional groups attached to an aromatic ring is 1. The predicted octanol–water partition coefficient (Wildman–Crippen LogP) is 0.816. The summed E-state index contributed by atoms with van der Waals surface area (Å²) in [6.07, 6.45) is 2.34. The minimum Gasteiger partial charge on any atom is -0.379 e. The molecule has 2 N–H and O–H groups in total.